The van der Waals surface area contributed by atoms with E-state index in [9.17, 15) is 4.79 Å². The summed E-state index contributed by atoms with van der Waals surface area (Å²) in [6.07, 6.45) is 1.58. The van der Waals surface area contributed by atoms with Gasteiger partial charge in [0.05, 0.1) is 11.8 Å². The molecule has 0 saturated heterocycles. The van der Waals surface area contributed by atoms with Gasteiger partial charge in [-0.1, -0.05) is 29.4 Å². The lowest BCUT2D eigenvalue weighted by Gasteiger charge is -2.02. The lowest BCUT2D eigenvalue weighted by Crippen LogP contribution is -1.92. The summed E-state index contributed by atoms with van der Waals surface area (Å²) in [4.78, 5) is 11.3. The van der Waals surface area contributed by atoms with Gasteiger partial charge >= 0.3 is 0 Å². The molecule has 1 heterocycles. The van der Waals surface area contributed by atoms with Gasteiger partial charge in [-0.15, -0.1) is 0 Å². The maximum Gasteiger partial charge on any atom is 0.209 e. The summed E-state index contributed by atoms with van der Waals surface area (Å²) in [5, 5.41) is 3.67. The Balaban J connectivity index is 2.59. The average molecular weight is 201 g/mol. The zero-order valence-corrected chi connectivity index (χ0v) is 8.65. The van der Waals surface area contributed by atoms with Crippen LogP contribution in [0.1, 0.15) is 23.0 Å². The summed E-state index contributed by atoms with van der Waals surface area (Å²) in [7, 11) is 0. The highest BCUT2D eigenvalue weighted by Gasteiger charge is 2.15. The molecule has 0 amide bonds. The van der Waals surface area contributed by atoms with E-state index in [1.54, 1.807) is 6.20 Å². The van der Waals surface area contributed by atoms with Gasteiger partial charge in [0.1, 0.15) is 0 Å². The number of benzene rings is 1. The SMILES string of the molecule is CC(=O)c1oncc1-c1ccccc1C. The van der Waals surface area contributed by atoms with Gasteiger partial charge in [0.25, 0.3) is 0 Å². The number of carbonyl (C=O) groups is 1. The van der Waals surface area contributed by atoms with Crippen LogP contribution in [0.4, 0.5) is 0 Å². The Kier molecular flexibility index (Phi) is 2.37. The Morgan fingerprint density at radius 3 is 2.67 bits per heavy atom. The molecular weight excluding hydrogens is 190 g/mol. The smallest absolute Gasteiger partial charge is 0.209 e. The molecule has 3 nitrogen and oxygen atoms in total. The van der Waals surface area contributed by atoms with Crippen LogP contribution >= 0.6 is 0 Å². The predicted octanol–water partition coefficient (Wildman–Crippen LogP) is 2.85. The van der Waals surface area contributed by atoms with E-state index in [0.717, 1.165) is 16.7 Å². The van der Waals surface area contributed by atoms with Crippen molar-refractivity contribution in [2.24, 2.45) is 0 Å². The first-order valence-corrected chi connectivity index (χ1v) is 4.72. The van der Waals surface area contributed by atoms with Crippen LogP contribution in [-0.4, -0.2) is 10.9 Å². The Morgan fingerprint density at radius 1 is 1.27 bits per heavy atom. The number of hydrogen-bond donors (Lipinski definition) is 0. The molecule has 1 aromatic carbocycles. The predicted molar refractivity (Wildman–Crippen MR) is 56.7 cm³/mol. The molecule has 0 bridgehead atoms. The van der Waals surface area contributed by atoms with Gasteiger partial charge in [0.2, 0.25) is 5.76 Å². The highest BCUT2D eigenvalue weighted by molar-refractivity contribution is 5.98. The summed E-state index contributed by atoms with van der Waals surface area (Å²) in [6, 6.07) is 7.83. The normalized spacial score (nSPS) is 10.3. The van der Waals surface area contributed by atoms with Crippen LogP contribution in [0.3, 0.4) is 0 Å². The Morgan fingerprint density at radius 2 is 2.00 bits per heavy atom. The van der Waals surface area contributed by atoms with Gasteiger partial charge in [-0.05, 0) is 18.1 Å². The molecule has 0 aliphatic heterocycles. The summed E-state index contributed by atoms with van der Waals surface area (Å²) in [5.41, 5.74) is 2.85. The summed E-state index contributed by atoms with van der Waals surface area (Å²) in [6.45, 7) is 3.47. The maximum atomic E-state index is 11.3. The molecule has 76 valence electrons. The van der Waals surface area contributed by atoms with Crippen LogP contribution in [0.5, 0.6) is 0 Å². The van der Waals surface area contributed by atoms with Crippen molar-refractivity contribution in [1.82, 2.24) is 5.16 Å². The molecular formula is C12H11NO2. The van der Waals surface area contributed by atoms with Crippen LogP contribution in [0.25, 0.3) is 11.1 Å². The van der Waals surface area contributed by atoms with Crippen LogP contribution in [0.2, 0.25) is 0 Å². The Bertz CT molecular complexity index is 500. The number of nitrogens with zero attached hydrogens (tertiary/aromatic N) is 1. The molecule has 0 unspecified atom stereocenters. The van der Waals surface area contributed by atoms with Crippen molar-refractivity contribution in [3.63, 3.8) is 0 Å². The van der Waals surface area contributed by atoms with E-state index in [-0.39, 0.29) is 5.78 Å². The lowest BCUT2D eigenvalue weighted by molar-refractivity contribution is 0.0979. The standard InChI is InChI=1S/C12H11NO2/c1-8-5-3-4-6-10(8)11-7-13-15-12(11)9(2)14/h3-7H,1-2H3. The molecule has 0 aliphatic carbocycles. The third-order valence-corrected chi connectivity index (χ3v) is 2.33. The first kappa shape index (κ1) is 9.65. The third-order valence-electron chi connectivity index (χ3n) is 2.33. The molecule has 0 fully saturated rings. The number of aromatic nitrogens is 1. The van der Waals surface area contributed by atoms with Gasteiger partial charge in [-0.25, -0.2) is 0 Å². The van der Waals surface area contributed by atoms with E-state index < -0.39 is 0 Å². The van der Waals surface area contributed by atoms with Crippen LogP contribution in [0.15, 0.2) is 35.0 Å². The van der Waals surface area contributed by atoms with Crippen molar-refractivity contribution in [1.29, 1.82) is 0 Å². The number of rotatable bonds is 2. The van der Waals surface area contributed by atoms with Gasteiger partial charge in [0, 0.05) is 6.92 Å². The minimum Gasteiger partial charge on any atom is -0.352 e. The van der Waals surface area contributed by atoms with E-state index in [1.807, 2.05) is 31.2 Å². The first-order valence-electron chi connectivity index (χ1n) is 4.72. The number of aryl methyl sites for hydroxylation is 1. The molecule has 0 N–H and O–H groups in total. The topological polar surface area (TPSA) is 43.1 Å². The zero-order chi connectivity index (χ0) is 10.8. The second-order valence-corrected chi connectivity index (χ2v) is 3.44. The molecule has 0 radical (unpaired) electrons. The second kappa shape index (κ2) is 3.69. The average Bonchev–Trinajstić information content (AvgIpc) is 2.67. The van der Waals surface area contributed by atoms with Crippen molar-refractivity contribution in [2.45, 2.75) is 13.8 Å². The zero-order valence-electron chi connectivity index (χ0n) is 8.65. The molecule has 0 spiro atoms. The minimum atomic E-state index is -0.106. The largest absolute Gasteiger partial charge is 0.352 e. The van der Waals surface area contributed by atoms with Gasteiger partial charge in [-0.3, -0.25) is 4.79 Å². The molecule has 0 aliphatic rings. The molecule has 0 saturated carbocycles. The number of Topliss-reactive ketones (excluding diaryl/α,β-unsaturated/α-hetero) is 1. The molecule has 2 rings (SSSR count). The summed E-state index contributed by atoms with van der Waals surface area (Å²) < 4.78 is 4.94. The fourth-order valence-corrected chi connectivity index (χ4v) is 1.56. The molecule has 1 aromatic heterocycles. The van der Waals surface area contributed by atoms with E-state index in [1.165, 1.54) is 6.92 Å². The van der Waals surface area contributed by atoms with Gasteiger partial charge in [0.15, 0.2) is 5.78 Å². The van der Waals surface area contributed by atoms with Crippen LogP contribution in [0, 0.1) is 6.92 Å². The van der Waals surface area contributed by atoms with Crippen molar-refractivity contribution in [3.8, 4) is 11.1 Å². The Hall–Kier alpha value is -1.90. The van der Waals surface area contributed by atoms with Crippen molar-refractivity contribution in [3.05, 3.63) is 41.8 Å². The molecule has 15 heavy (non-hydrogen) atoms. The van der Waals surface area contributed by atoms with Crippen molar-refractivity contribution >= 4 is 5.78 Å². The summed E-state index contributed by atoms with van der Waals surface area (Å²) >= 11 is 0. The fourth-order valence-electron chi connectivity index (χ4n) is 1.56. The van der Waals surface area contributed by atoms with E-state index >= 15 is 0 Å². The van der Waals surface area contributed by atoms with Crippen molar-refractivity contribution < 1.29 is 9.32 Å². The first-order chi connectivity index (χ1) is 7.20. The summed E-state index contributed by atoms with van der Waals surface area (Å²) in [5.74, 6) is 0.218. The lowest BCUT2D eigenvalue weighted by atomic mass is 10.0. The quantitative estimate of drug-likeness (QED) is 0.701. The maximum absolute atomic E-state index is 11.3. The van der Waals surface area contributed by atoms with Crippen LogP contribution in [-0.2, 0) is 0 Å². The van der Waals surface area contributed by atoms with Crippen LogP contribution < -0.4 is 0 Å². The number of hydrogen-bond acceptors (Lipinski definition) is 3. The second-order valence-electron chi connectivity index (χ2n) is 3.44. The number of ketones is 1. The fraction of sp³-hybridized carbons (Fsp3) is 0.167. The highest BCUT2D eigenvalue weighted by atomic mass is 16.5. The molecule has 2 aromatic rings. The minimum absolute atomic E-state index is 0.106. The van der Waals surface area contributed by atoms with Gasteiger partial charge in [-0.2, -0.15) is 0 Å². The number of carbonyl (C=O) groups excluding carboxylic acids is 1. The molecule has 0 atom stereocenters. The van der Waals surface area contributed by atoms with E-state index in [2.05, 4.69) is 5.16 Å². The monoisotopic (exact) mass is 201 g/mol. The third kappa shape index (κ3) is 1.68. The molecule has 3 heteroatoms. The Labute approximate surface area is 87.7 Å². The van der Waals surface area contributed by atoms with Gasteiger partial charge < -0.3 is 4.52 Å². The van der Waals surface area contributed by atoms with E-state index in [0.29, 0.717) is 5.76 Å². The highest BCUT2D eigenvalue weighted by Crippen LogP contribution is 2.26. The van der Waals surface area contributed by atoms with E-state index in [4.69, 9.17) is 4.52 Å². The van der Waals surface area contributed by atoms with Crippen molar-refractivity contribution in [2.75, 3.05) is 0 Å².